The van der Waals surface area contributed by atoms with E-state index in [2.05, 4.69) is 0 Å². The molecule has 1 aliphatic heterocycles. The van der Waals surface area contributed by atoms with Crippen LogP contribution in [0.25, 0.3) is 0 Å². The zero-order valence-corrected chi connectivity index (χ0v) is 10.0. The van der Waals surface area contributed by atoms with E-state index in [-0.39, 0.29) is 0 Å². The molecule has 1 aliphatic rings. The Morgan fingerprint density at radius 1 is 1.00 bits per heavy atom. The highest BCUT2D eigenvalue weighted by atomic mass is 28.3. The molecule has 13 heavy (non-hydrogen) atoms. The number of hydrogen-bond donors (Lipinski definition) is 0. The van der Waals surface area contributed by atoms with Crippen molar-refractivity contribution in [1.29, 1.82) is 0 Å². The Kier molecular flexibility index (Phi) is 4.49. The van der Waals surface area contributed by atoms with Crippen molar-refractivity contribution >= 4 is 14.3 Å². The van der Waals surface area contributed by atoms with Crippen molar-refractivity contribution in [2.45, 2.75) is 44.2 Å². The van der Waals surface area contributed by atoms with Crippen molar-refractivity contribution in [2.24, 2.45) is 0 Å². The van der Waals surface area contributed by atoms with Crippen molar-refractivity contribution in [3.05, 3.63) is 0 Å². The van der Waals surface area contributed by atoms with Gasteiger partial charge in [0, 0.05) is 14.1 Å². The fourth-order valence-electron chi connectivity index (χ4n) is 2.07. The number of carbonyl (C=O) groups is 1. The van der Waals surface area contributed by atoms with E-state index in [0.29, 0.717) is 5.53 Å². The lowest BCUT2D eigenvalue weighted by Gasteiger charge is -2.20. The molecule has 0 saturated carbocycles. The van der Waals surface area contributed by atoms with Crippen molar-refractivity contribution in [3.8, 4) is 0 Å². The monoisotopic (exact) mass is 199 g/mol. The highest BCUT2D eigenvalue weighted by molar-refractivity contribution is 6.89. The highest BCUT2D eigenvalue weighted by Crippen LogP contribution is 2.19. The van der Waals surface area contributed by atoms with Gasteiger partial charge in [0.25, 0.3) is 0 Å². The predicted molar refractivity (Wildman–Crippen MR) is 58.9 cm³/mol. The molecule has 0 bridgehead atoms. The zero-order valence-electron chi connectivity index (χ0n) is 8.88. The quantitative estimate of drug-likeness (QED) is 0.594. The van der Waals surface area contributed by atoms with Gasteiger partial charge in [-0.25, -0.2) is 0 Å². The molecule has 0 N–H and O–H groups in total. The van der Waals surface area contributed by atoms with E-state index in [1.54, 1.807) is 4.90 Å². The summed E-state index contributed by atoms with van der Waals surface area (Å²) in [6.45, 7) is 0. The van der Waals surface area contributed by atoms with Crippen LogP contribution in [0.3, 0.4) is 0 Å². The summed E-state index contributed by atoms with van der Waals surface area (Å²) in [5.74, 6) is 0. The fourth-order valence-corrected chi connectivity index (χ4v) is 5.14. The first-order chi connectivity index (χ1) is 6.22. The van der Waals surface area contributed by atoms with E-state index >= 15 is 0 Å². The van der Waals surface area contributed by atoms with Gasteiger partial charge < -0.3 is 4.90 Å². The molecule has 1 heterocycles. The molecular formula is C10H21NOSi. The van der Waals surface area contributed by atoms with Crippen LogP contribution in [0.2, 0.25) is 12.1 Å². The largest absolute Gasteiger partial charge is 0.354 e. The third kappa shape index (κ3) is 3.51. The third-order valence-electron chi connectivity index (χ3n) is 2.90. The van der Waals surface area contributed by atoms with Crippen LogP contribution < -0.4 is 0 Å². The lowest BCUT2D eigenvalue weighted by molar-refractivity contribution is 0.238. The van der Waals surface area contributed by atoms with Crippen molar-refractivity contribution in [2.75, 3.05) is 14.1 Å². The van der Waals surface area contributed by atoms with Gasteiger partial charge in [0.15, 0.2) is 5.53 Å². The number of nitrogens with zero attached hydrogens (tertiary/aromatic N) is 1. The Hall–Kier alpha value is -0.313. The smallest absolute Gasteiger partial charge is 0.190 e. The topological polar surface area (TPSA) is 20.3 Å². The molecule has 0 aromatic heterocycles. The number of carbonyl (C=O) groups excluding carboxylic acids is 1. The molecule has 1 rings (SSSR count). The second kappa shape index (κ2) is 5.42. The molecular weight excluding hydrogens is 178 g/mol. The van der Waals surface area contributed by atoms with E-state index in [0.717, 1.165) is 0 Å². The van der Waals surface area contributed by atoms with Gasteiger partial charge in [0.2, 0.25) is 0 Å². The molecule has 0 aromatic rings. The zero-order chi connectivity index (χ0) is 9.68. The van der Waals surface area contributed by atoms with Crippen LogP contribution in [-0.2, 0) is 0 Å². The Bertz CT molecular complexity index is 162. The summed E-state index contributed by atoms with van der Waals surface area (Å²) in [6.07, 6.45) is 6.69. The lowest BCUT2D eigenvalue weighted by Crippen LogP contribution is -2.36. The number of rotatable bonds is 1. The molecule has 2 nitrogen and oxygen atoms in total. The summed E-state index contributed by atoms with van der Waals surface area (Å²) in [6, 6.07) is 2.49. The van der Waals surface area contributed by atoms with E-state index in [4.69, 9.17) is 0 Å². The van der Waals surface area contributed by atoms with Gasteiger partial charge in [0.05, 0.1) is 0 Å². The first-order valence-electron chi connectivity index (χ1n) is 5.43. The molecule has 0 aromatic carbocycles. The average molecular weight is 199 g/mol. The summed E-state index contributed by atoms with van der Waals surface area (Å²) < 4.78 is 0. The maximum Gasteiger partial charge on any atom is 0.190 e. The van der Waals surface area contributed by atoms with Crippen LogP contribution in [0.15, 0.2) is 0 Å². The van der Waals surface area contributed by atoms with Crippen LogP contribution in [0.1, 0.15) is 32.1 Å². The first kappa shape index (κ1) is 10.8. The minimum atomic E-state index is -1.07. The number of hydrogen-bond acceptors (Lipinski definition) is 1. The standard InChI is InChI=1S/C10H21NOSi/c1-11(2)10(12)13-8-6-4-3-5-7-9-13/h13H,3-9H2,1-2H3. The number of amides is 1. The average Bonchev–Trinajstić information content (AvgIpc) is 2.02. The molecule has 1 amide bonds. The molecule has 0 radical (unpaired) electrons. The van der Waals surface area contributed by atoms with Crippen LogP contribution in [0.4, 0.5) is 4.79 Å². The Morgan fingerprint density at radius 3 is 1.92 bits per heavy atom. The Labute approximate surface area is 82.9 Å². The van der Waals surface area contributed by atoms with Crippen LogP contribution in [0.5, 0.6) is 0 Å². The summed E-state index contributed by atoms with van der Waals surface area (Å²) >= 11 is 0. The van der Waals surface area contributed by atoms with E-state index in [1.807, 2.05) is 14.1 Å². The molecule has 0 aliphatic carbocycles. The lowest BCUT2D eigenvalue weighted by atomic mass is 10.2. The van der Waals surface area contributed by atoms with Crippen LogP contribution in [0, 0.1) is 0 Å². The van der Waals surface area contributed by atoms with Gasteiger partial charge in [-0.1, -0.05) is 44.2 Å². The Balaban J connectivity index is 2.41. The maximum absolute atomic E-state index is 11.8. The first-order valence-corrected chi connectivity index (χ1v) is 7.64. The molecule has 76 valence electrons. The minimum absolute atomic E-state index is 0.474. The van der Waals surface area contributed by atoms with Crippen LogP contribution >= 0.6 is 0 Å². The Morgan fingerprint density at radius 2 is 1.46 bits per heavy atom. The summed E-state index contributed by atoms with van der Waals surface area (Å²) in [5.41, 5.74) is 0.474. The predicted octanol–water partition coefficient (Wildman–Crippen LogP) is 2.44. The van der Waals surface area contributed by atoms with Crippen molar-refractivity contribution in [1.82, 2.24) is 4.90 Å². The summed E-state index contributed by atoms with van der Waals surface area (Å²) in [7, 11) is 2.73. The van der Waals surface area contributed by atoms with Gasteiger partial charge in [-0.3, -0.25) is 4.79 Å². The molecule has 0 spiro atoms. The normalized spacial score (nSPS) is 20.5. The van der Waals surface area contributed by atoms with Gasteiger partial charge in [-0.05, 0) is 0 Å². The summed E-state index contributed by atoms with van der Waals surface area (Å²) in [4.78, 5) is 13.6. The van der Waals surface area contributed by atoms with Gasteiger partial charge in [-0.15, -0.1) is 0 Å². The second-order valence-electron chi connectivity index (χ2n) is 4.27. The van der Waals surface area contributed by atoms with E-state index in [9.17, 15) is 4.79 Å². The summed E-state index contributed by atoms with van der Waals surface area (Å²) in [5, 5.41) is 0. The van der Waals surface area contributed by atoms with Gasteiger partial charge in [-0.2, -0.15) is 0 Å². The molecule has 1 saturated heterocycles. The minimum Gasteiger partial charge on any atom is -0.354 e. The van der Waals surface area contributed by atoms with Crippen LogP contribution in [-0.4, -0.2) is 33.3 Å². The SMILES string of the molecule is CN(C)C(=O)[SiH]1CCCCCCC1. The molecule has 0 unspecified atom stereocenters. The third-order valence-corrected chi connectivity index (χ3v) is 6.32. The molecule has 1 fully saturated rings. The van der Waals surface area contributed by atoms with Gasteiger partial charge in [0.1, 0.15) is 8.80 Å². The molecule has 0 atom stereocenters. The van der Waals surface area contributed by atoms with E-state index in [1.165, 1.54) is 44.2 Å². The van der Waals surface area contributed by atoms with Crippen molar-refractivity contribution in [3.63, 3.8) is 0 Å². The molecule has 3 heteroatoms. The fraction of sp³-hybridized carbons (Fsp3) is 0.900. The van der Waals surface area contributed by atoms with E-state index < -0.39 is 8.80 Å². The second-order valence-corrected chi connectivity index (χ2v) is 7.32. The van der Waals surface area contributed by atoms with Crippen molar-refractivity contribution < 1.29 is 4.79 Å². The maximum atomic E-state index is 11.8. The highest BCUT2D eigenvalue weighted by Gasteiger charge is 2.22. The van der Waals surface area contributed by atoms with Gasteiger partial charge >= 0.3 is 0 Å².